The Morgan fingerprint density at radius 1 is 1.15 bits per heavy atom. The molecule has 4 nitrogen and oxygen atoms in total. The molecular formula is C16H18O4. The molecule has 0 unspecified atom stereocenters. The zero-order valence-corrected chi connectivity index (χ0v) is 11.5. The average Bonchev–Trinajstić information content (AvgIpc) is 2.46. The number of ether oxygens (including phenoxy) is 2. The molecule has 0 radical (unpaired) electrons. The third-order valence-electron chi connectivity index (χ3n) is 3.00. The Bertz CT molecular complexity index is 592. The van der Waals surface area contributed by atoms with Crippen LogP contribution in [0.2, 0.25) is 0 Å². The van der Waals surface area contributed by atoms with Crippen LogP contribution in [0, 0.1) is 0 Å². The van der Waals surface area contributed by atoms with Crippen LogP contribution < -0.4 is 4.74 Å². The minimum atomic E-state index is -0.971. The summed E-state index contributed by atoms with van der Waals surface area (Å²) < 4.78 is 10.8. The summed E-state index contributed by atoms with van der Waals surface area (Å²) in [5.41, 5.74) is 0.222. The van der Waals surface area contributed by atoms with Gasteiger partial charge in [-0.05, 0) is 23.8 Å². The Morgan fingerprint density at radius 3 is 2.70 bits per heavy atom. The Labute approximate surface area is 117 Å². The first-order valence-corrected chi connectivity index (χ1v) is 6.69. The van der Waals surface area contributed by atoms with Gasteiger partial charge in [-0.25, -0.2) is 4.79 Å². The van der Waals surface area contributed by atoms with E-state index in [2.05, 4.69) is 0 Å². The molecule has 0 heterocycles. The molecule has 1 N–H and O–H groups in total. The van der Waals surface area contributed by atoms with Crippen molar-refractivity contribution < 1.29 is 19.4 Å². The van der Waals surface area contributed by atoms with Crippen LogP contribution in [0.4, 0.5) is 0 Å². The third kappa shape index (κ3) is 3.27. The number of hydrogen-bond acceptors (Lipinski definition) is 3. The number of benzene rings is 2. The quantitative estimate of drug-likeness (QED) is 0.787. The minimum Gasteiger partial charge on any atom is -0.493 e. The molecule has 0 spiro atoms. The Hall–Kier alpha value is -2.07. The van der Waals surface area contributed by atoms with Crippen molar-refractivity contribution in [3.05, 3.63) is 42.0 Å². The summed E-state index contributed by atoms with van der Waals surface area (Å²) >= 11 is 0. The van der Waals surface area contributed by atoms with E-state index in [9.17, 15) is 9.90 Å². The Balaban J connectivity index is 2.20. The van der Waals surface area contributed by atoms with Crippen LogP contribution in [0.3, 0.4) is 0 Å². The van der Waals surface area contributed by atoms with Gasteiger partial charge in [-0.1, -0.05) is 30.3 Å². The highest BCUT2D eigenvalue weighted by Crippen LogP contribution is 2.28. The van der Waals surface area contributed by atoms with E-state index in [1.165, 1.54) is 0 Å². The fourth-order valence-electron chi connectivity index (χ4n) is 2.08. The second-order valence-corrected chi connectivity index (χ2v) is 4.36. The lowest BCUT2D eigenvalue weighted by atomic mass is 10.0. The SMILES string of the molecule is CCOCCCOc1ccc2ccccc2c1C(=O)O. The van der Waals surface area contributed by atoms with Crippen molar-refractivity contribution >= 4 is 16.7 Å². The lowest BCUT2D eigenvalue weighted by Gasteiger charge is -2.11. The van der Waals surface area contributed by atoms with Gasteiger partial charge in [0, 0.05) is 19.6 Å². The average molecular weight is 274 g/mol. The van der Waals surface area contributed by atoms with Gasteiger partial charge >= 0.3 is 5.97 Å². The van der Waals surface area contributed by atoms with Gasteiger partial charge in [0.05, 0.1) is 6.61 Å². The second-order valence-electron chi connectivity index (χ2n) is 4.36. The molecule has 106 valence electrons. The zero-order valence-electron chi connectivity index (χ0n) is 11.5. The third-order valence-corrected chi connectivity index (χ3v) is 3.00. The Kier molecular flexibility index (Phi) is 4.96. The Morgan fingerprint density at radius 2 is 1.95 bits per heavy atom. The highest BCUT2D eigenvalue weighted by atomic mass is 16.5. The predicted molar refractivity (Wildman–Crippen MR) is 77.5 cm³/mol. The van der Waals surface area contributed by atoms with Crippen molar-refractivity contribution in [2.75, 3.05) is 19.8 Å². The summed E-state index contributed by atoms with van der Waals surface area (Å²) in [6.07, 6.45) is 0.736. The lowest BCUT2D eigenvalue weighted by molar-refractivity contribution is 0.0694. The van der Waals surface area contributed by atoms with Crippen LogP contribution in [0.1, 0.15) is 23.7 Å². The van der Waals surface area contributed by atoms with Crippen molar-refractivity contribution in [1.29, 1.82) is 0 Å². The maximum Gasteiger partial charge on any atom is 0.340 e. The van der Waals surface area contributed by atoms with Crippen LogP contribution in [0.15, 0.2) is 36.4 Å². The molecule has 0 aliphatic rings. The lowest BCUT2D eigenvalue weighted by Crippen LogP contribution is -2.07. The first kappa shape index (κ1) is 14.3. The van der Waals surface area contributed by atoms with E-state index in [-0.39, 0.29) is 5.56 Å². The molecular weight excluding hydrogens is 256 g/mol. The molecule has 0 saturated heterocycles. The highest BCUT2D eigenvalue weighted by Gasteiger charge is 2.15. The molecule has 0 fully saturated rings. The summed E-state index contributed by atoms with van der Waals surface area (Å²) in [6, 6.07) is 11.0. The number of aromatic carboxylic acids is 1. The number of hydrogen-bond donors (Lipinski definition) is 1. The van der Waals surface area contributed by atoms with Gasteiger partial charge in [0.25, 0.3) is 0 Å². The van der Waals surface area contributed by atoms with Crippen LogP contribution in [-0.2, 0) is 4.74 Å². The maximum absolute atomic E-state index is 11.5. The smallest absolute Gasteiger partial charge is 0.340 e. The van der Waals surface area contributed by atoms with Gasteiger partial charge in [-0.3, -0.25) is 0 Å². The van der Waals surface area contributed by atoms with E-state index in [1.807, 2.05) is 31.2 Å². The van der Waals surface area contributed by atoms with E-state index >= 15 is 0 Å². The first-order valence-electron chi connectivity index (χ1n) is 6.69. The highest BCUT2D eigenvalue weighted by molar-refractivity contribution is 6.06. The standard InChI is InChI=1S/C16H18O4/c1-2-19-10-5-11-20-14-9-8-12-6-3-4-7-13(12)15(14)16(17)18/h3-4,6-9H,2,5,10-11H2,1H3,(H,17,18). The fraction of sp³-hybridized carbons (Fsp3) is 0.312. The van der Waals surface area contributed by atoms with E-state index < -0.39 is 5.97 Å². The van der Waals surface area contributed by atoms with Gasteiger partial charge in [0.2, 0.25) is 0 Å². The summed E-state index contributed by atoms with van der Waals surface area (Å²) in [6.45, 7) is 3.67. The maximum atomic E-state index is 11.5. The van der Waals surface area contributed by atoms with Gasteiger partial charge < -0.3 is 14.6 Å². The van der Waals surface area contributed by atoms with E-state index in [4.69, 9.17) is 9.47 Å². The summed E-state index contributed by atoms with van der Waals surface area (Å²) in [5, 5.41) is 11.0. The van der Waals surface area contributed by atoms with E-state index in [1.54, 1.807) is 12.1 Å². The number of carbonyl (C=O) groups is 1. The van der Waals surface area contributed by atoms with Gasteiger partial charge in [0.1, 0.15) is 11.3 Å². The second kappa shape index (κ2) is 6.91. The van der Waals surface area contributed by atoms with Crippen molar-refractivity contribution in [2.45, 2.75) is 13.3 Å². The monoisotopic (exact) mass is 274 g/mol. The van der Waals surface area contributed by atoms with Crippen LogP contribution in [0.25, 0.3) is 10.8 Å². The summed E-state index contributed by atoms with van der Waals surface area (Å²) in [5.74, 6) is -0.561. The van der Waals surface area contributed by atoms with Crippen molar-refractivity contribution in [3.8, 4) is 5.75 Å². The predicted octanol–water partition coefficient (Wildman–Crippen LogP) is 3.34. The topological polar surface area (TPSA) is 55.8 Å². The van der Waals surface area contributed by atoms with Gasteiger partial charge in [-0.15, -0.1) is 0 Å². The molecule has 0 bridgehead atoms. The minimum absolute atomic E-state index is 0.222. The van der Waals surface area contributed by atoms with Crippen molar-refractivity contribution in [2.24, 2.45) is 0 Å². The molecule has 0 aliphatic carbocycles. The van der Waals surface area contributed by atoms with Crippen molar-refractivity contribution in [1.82, 2.24) is 0 Å². The van der Waals surface area contributed by atoms with Gasteiger partial charge in [0.15, 0.2) is 0 Å². The van der Waals surface area contributed by atoms with Crippen LogP contribution in [-0.4, -0.2) is 30.9 Å². The largest absolute Gasteiger partial charge is 0.493 e. The number of fused-ring (bicyclic) bond motifs is 1. The molecule has 0 atom stereocenters. The normalized spacial score (nSPS) is 10.7. The van der Waals surface area contributed by atoms with Crippen LogP contribution in [0.5, 0.6) is 5.75 Å². The van der Waals surface area contributed by atoms with Gasteiger partial charge in [-0.2, -0.15) is 0 Å². The van der Waals surface area contributed by atoms with Crippen molar-refractivity contribution in [3.63, 3.8) is 0 Å². The van der Waals surface area contributed by atoms with Crippen LogP contribution >= 0.6 is 0 Å². The van der Waals surface area contributed by atoms with E-state index in [0.717, 1.165) is 11.8 Å². The zero-order chi connectivity index (χ0) is 14.4. The molecule has 2 aromatic carbocycles. The summed E-state index contributed by atoms with van der Waals surface area (Å²) in [7, 11) is 0. The summed E-state index contributed by atoms with van der Waals surface area (Å²) in [4.78, 5) is 11.5. The fourth-order valence-corrected chi connectivity index (χ4v) is 2.08. The number of carboxylic acid groups (broad SMARTS) is 1. The molecule has 4 heteroatoms. The number of carboxylic acids is 1. The molecule has 2 aromatic rings. The molecule has 20 heavy (non-hydrogen) atoms. The molecule has 0 saturated carbocycles. The van der Waals surface area contributed by atoms with E-state index in [0.29, 0.717) is 31.0 Å². The molecule has 0 aliphatic heterocycles. The molecule has 0 aromatic heterocycles. The molecule has 0 amide bonds. The number of rotatable bonds is 7. The molecule has 2 rings (SSSR count). The first-order chi connectivity index (χ1) is 9.74.